The molecule has 5 N–H and O–H groups in total. The van der Waals surface area contributed by atoms with E-state index < -0.39 is 49.3 Å². The van der Waals surface area contributed by atoms with Crippen LogP contribution in [0.1, 0.15) is 15.9 Å². The molecule has 3 rings (SSSR count). The second kappa shape index (κ2) is 10.2. The normalized spacial score (nSPS) is 25.4. The van der Waals surface area contributed by atoms with Crippen LogP contribution >= 0.6 is 0 Å². The smallest absolute Gasteiger partial charge is 0.340 e. The van der Waals surface area contributed by atoms with Crippen LogP contribution in [-0.2, 0) is 19.0 Å². The molecule has 0 spiro atoms. The van der Waals surface area contributed by atoms with Crippen LogP contribution in [0, 0.1) is 0 Å². The Morgan fingerprint density at radius 2 is 1.47 bits per heavy atom. The second-order valence-corrected chi connectivity index (χ2v) is 7.02. The van der Waals surface area contributed by atoms with Gasteiger partial charge in [-0.25, -0.2) is 9.59 Å². The Balaban J connectivity index is 1.58. The van der Waals surface area contributed by atoms with Gasteiger partial charge >= 0.3 is 11.9 Å². The number of carbonyl (C=O) groups excluding carboxylic acids is 2. The summed E-state index contributed by atoms with van der Waals surface area (Å²) < 4.78 is 15.4. The van der Waals surface area contributed by atoms with Gasteiger partial charge in [-0.05, 0) is 48.0 Å². The first-order valence-corrected chi connectivity index (χ1v) is 9.58. The highest BCUT2D eigenvalue weighted by atomic mass is 16.7. The predicted molar refractivity (Wildman–Crippen MR) is 108 cm³/mol. The van der Waals surface area contributed by atoms with E-state index in [-0.39, 0.29) is 17.1 Å². The SMILES string of the molecule is O=C(C=Cc1ccc(O)cc1)OCC1OC(OC(=O)c2ccc(O)cc2)C(O)C(O)C1O. The summed E-state index contributed by atoms with van der Waals surface area (Å²) in [5, 5.41) is 48.8. The lowest BCUT2D eigenvalue weighted by Crippen LogP contribution is -2.59. The fourth-order valence-electron chi connectivity index (χ4n) is 2.88. The maximum absolute atomic E-state index is 12.2. The third kappa shape index (κ3) is 5.83. The van der Waals surface area contributed by atoms with Gasteiger partial charge < -0.3 is 39.7 Å². The van der Waals surface area contributed by atoms with Crippen molar-refractivity contribution in [1.82, 2.24) is 0 Å². The molecule has 32 heavy (non-hydrogen) atoms. The lowest BCUT2D eigenvalue weighted by atomic mass is 9.99. The monoisotopic (exact) mass is 446 g/mol. The lowest BCUT2D eigenvalue weighted by Gasteiger charge is -2.39. The molecule has 0 amide bonds. The first kappa shape index (κ1) is 23.2. The van der Waals surface area contributed by atoms with E-state index in [4.69, 9.17) is 14.2 Å². The molecule has 1 fully saturated rings. The Hall–Kier alpha value is -3.44. The molecule has 2 aromatic rings. The molecule has 1 aliphatic rings. The number of benzene rings is 2. The Bertz CT molecular complexity index is 954. The van der Waals surface area contributed by atoms with Gasteiger partial charge in [0, 0.05) is 6.08 Å². The molecule has 10 heteroatoms. The summed E-state index contributed by atoms with van der Waals surface area (Å²) in [6, 6.07) is 11.2. The highest BCUT2D eigenvalue weighted by molar-refractivity contribution is 5.89. The summed E-state index contributed by atoms with van der Waals surface area (Å²) in [5.74, 6) is -1.65. The Morgan fingerprint density at radius 1 is 0.875 bits per heavy atom. The number of aliphatic hydroxyl groups is 3. The quantitative estimate of drug-likeness (QED) is 0.308. The molecule has 1 aliphatic heterocycles. The second-order valence-electron chi connectivity index (χ2n) is 7.02. The number of hydrogen-bond acceptors (Lipinski definition) is 10. The largest absolute Gasteiger partial charge is 0.508 e. The Kier molecular flexibility index (Phi) is 7.44. The number of carbonyl (C=O) groups is 2. The molecule has 0 bridgehead atoms. The van der Waals surface area contributed by atoms with E-state index in [1.54, 1.807) is 12.1 Å². The van der Waals surface area contributed by atoms with E-state index in [2.05, 4.69) is 0 Å². The van der Waals surface area contributed by atoms with Crippen molar-refractivity contribution in [1.29, 1.82) is 0 Å². The summed E-state index contributed by atoms with van der Waals surface area (Å²) in [6.07, 6.45) is -5.42. The number of aromatic hydroxyl groups is 2. The Labute approximate surface area is 182 Å². The zero-order chi connectivity index (χ0) is 23.3. The van der Waals surface area contributed by atoms with Crippen LogP contribution in [-0.4, -0.2) is 74.8 Å². The molecule has 1 heterocycles. The fraction of sp³-hybridized carbons (Fsp3) is 0.273. The molecule has 0 aromatic heterocycles. The number of phenols is 2. The topological polar surface area (TPSA) is 163 Å². The van der Waals surface area contributed by atoms with Crippen molar-refractivity contribution in [2.24, 2.45) is 0 Å². The van der Waals surface area contributed by atoms with Crippen LogP contribution in [0.15, 0.2) is 54.6 Å². The standard InChI is InChI=1S/C22H22O10/c23-14-6-1-12(2-7-14)3-10-17(25)30-11-16-18(26)19(27)20(28)22(31-16)32-21(29)13-4-8-15(24)9-5-13/h1-10,16,18-20,22-24,26-28H,11H2. The average Bonchev–Trinajstić information content (AvgIpc) is 2.78. The van der Waals surface area contributed by atoms with E-state index in [0.29, 0.717) is 5.56 Å². The molecule has 0 radical (unpaired) electrons. The highest BCUT2D eigenvalue weighted by Gasteiger charge is 2.46. The summed E-state index contributed by atoms with van der Waals surface area (Å²) in [5.41, 5.74) is 0.690. The van der Waals surface area contributed by atoms with Gasteiger partial charge in [0.05, 0.1) is 5.56 Å². The Morgan fingerprint density at radius 3 is 2.09 bits per heavy atom. The van der Waals surface area contributed by atoms with Crippen LogP contribution in [0.25, 0.3) is 6.08 Å². The van der Waals surface area contributed by atoms with Crippen LogP contribution in [0.5, 0.6) is 11.5 Å². The van der Waals surface area contributed by atoms with Crippen LogP contribution < -0.4 is 0 Å². The first-order chi connectivity index (χ1) is 15.2. The van der Waals surface area contributed by atoms with E-state index in [1.165, 1.54) is 42.5 Å². The van der Waals surface area contributed by atoms with Crippen molar-refractivity contribution in [2.75, 3.05) is 6.61 Å². The van der Waals surface area contributed by atoms with Gasteiger partial charge in [0.1, 0.15) is 42.5 Å². The number of rotatable bonds is 6. The van der Waals surface area contributed by atoms with Gasteiger partial charge in [-0.15, -0.1) is 0 Å². The fourth-order valence-corrected chi connectivity index (χ4v) is 2.88. The van der Waals surface area contributed by atoms with Crippen molar-refractivity contribution in [3.8, 4) is 11.5 Å². The number of hydrogen-bond donors (Lipinski definition) is 5. The van der Waals surface area contributed by atoms with E-state index in [0.717, 1.165) is 6.08 Å². The van der Waals surface area contributed by atoms with Crippen LogP contribution in [0.3, 0.4) is 0 Å². The molecule has 0 aliphatic carbocycles. The zero-order valence-corrected chi connectivity index (χ0v) is 16.6. The van der Waals surface area contributed by atoms with Gasteiger partial charge in [-0.1, -0.05) is 12.1 Å². The molecular formula is C22H22O10. The molecule has 170 valence electrons. The van der Waals surface area contributed by atoms with E-state index in [1.807, 2.05) is 0 Å². The molecule has 10 nitrogen and oxygen atoms in total. The third-order valence-corrected chi connectivity index (χ3v) is 4.69. The highest BCUT2D eigenvalue weighted by Crippen LogP contribution is 2.24. The molecule has 5 unspecified atom stereocenters. The van der Waals surface area contributed by atoms with Crippen molar-refractivity contribution in [3.05, 3.63) is 65.7 Å². The molecule has 0 saturated carbocycles. The summed E-state index contributed by atoms with van der Waals surface area (Å²) in [4.78, 5) is 24.2. The number of esters is 2. The minimum Gasteiger partial charge on any atom is -0.508 e. The molecule has 1 saturated heterocycles. The van der Waals surface area contributed by atoms with E-state index in [9.17, 15) is 35.1 Å². The van der Waals surface area contributed by atoms with Crippen LogP contribution in [0.4, 0.5) is 0 Å². The van der Waals surface area contributed by atoms with Gasteiger partial charge in [-0.3, -0.25) is 0 Å². The maximum Gasteiger partial charge on any atom is 0.340 e. The van der Waals surface area contributed by atoms with Crippen molar-refractivity contribution < 1.29 is 49.3 Å². The van der Waals surface area contributed by atoms with Gasteiger partial charge in [0.25, 0.3) is 0 Å². The van der Waals surface area contributed by atoms with Gasteiger partial charge in [0.15, 0.2) is 0 Å². The maximum atomic E-state index is 12.2. The molecular weight excluding hydrogens is 424 g/mol. The van der Waals surface area contributed by atoms with Crippen LogP contribution in [0.2, 0.25) is 0 Å². The zero-order valence-electron chi connectivity index (χ0n) is 16.6. The van der Waals surface area contributed by atoms with Crippen molar-refractivity contribution >= 4 is 18.0 Å². The van der Waals surface area contributed by atoms with E-state index >= 15 is 0 Å². The van der Waals surface area contributed by atoms with Crippen molar-refractivity contribution in [2.45, 2.75) is 30.7 Å². The van der Waals surface area contributed by atoms with Gasteiger partial charge in [-0.2, -0.15) is 0 Å². The number of phenolic OH excluding ortho intramolecular Hbond substituents is 2. The lowest BCUT2D eigenvalue weighted by molar-refractivity contribution is -0.285. The average molecular weight is 446 g/mol. The first-order valence-electron chi connectivity index (χ1n) is 9.58. The number of aliphatic hydroxyl groups excluding tert-OH is 3. The third-order valence-electron chi connectivity index (χ3n) is 4.69. The number of ether oxygens (including phenoxy) is 3. The summed E-state index contributed by atoms with van der Waals surface area (Å²) in [6.45, 7) is -0.489. The molecule has 2 aromatic carbocycles. The van der Waals surface area contributed by atoms with Crippen molar-refractivity contribution in [3.63, 3.8) is 0 Å². The van der Waals surface area contributed by atoms with Gasteiger partial charge in [0.2, 0.25) is 6.29 Å². The predicted octanol–water partition coefficient (Wildman–Crippen LogP) is 0.319. The molecule has 5 atom stereocenters. The minimum absolute atomic E-state index is 0.0570. The summed E-state index contributed by atoms with van der Waals surface area (Å²) >= 11 is 0. The summed E-state index contributed by atoms with van der Waals surface area (Å²) in [7, 11) is 0. The minimum atomic E-state index is -1.74.